The molecule has 0 rings (SSSR count). The molecule has 0 atom stereocenters. The Balaban J connectivity index is 3.85. The van der Waals surface area contributed by atoms with Crippen molar-refractivity contribution in [1.82, 2.24) is 0 Å². The van der Waals surface area contributed by atoms with E-state index in [1.54, 1.807) is 0 Å². The Morgan fingerprint density at radius 1 is 0.692 bits per heavy atom. The fourth-order valence-corrected chi connectivity index (χ4v) is 0.274. The van der Waals surface area contributed by atoms with E-state index in [1.807, 2.05) is 0 Å². The molecular weight excluding hydrogens is 188 g/mol. The zero-order chi connectivity index (χ0) is 10.4. The highest BCUT2D eigenvalue weighted by Crippen LogP contribution is 1.89. The Hall–Kier alpha value is -2.32. The summed E-state index contributed by atoms with van der Waals surface area (Å²) in [5.74, 6) is 0. The van der Waals surface area contributed by atoms with Crippen LogP contribution in [0.2, 0.25) is 0 Å². The molecule has 72 valence electrons. The van der Waals surface area contributed by atoms with Crippen molar-refractivity contribution in [3.8, 4) is 0 Å². The summed E-state index contributed by atoms with van der Waals surface area (Å²) in [6.07, 6.45) is -6.40. The molecule has 4 N–H and O–H groups in total. The molecule has 0 aromatic carbocycles. The lowest BCUT2D eigenvalue weighted by Crippen LogP contribution is -2.25. The first-order valence-electron chi connectivity index (χ1n) is 2.62. The Labute approximate surface area is 70.5 Å². The fourth-order valence-electron chi connectivity index (χ4n) is 0.274. The number of hydrogen-bond acceptors (Lipinski definition) is 7. The van der Waals surface area contributed by atoms with Gasteiger partial charge in [0.2, 0.25) is 0 Å². The third-order valence-corrected chi connectivity index (χ3v) is 0.535. The molecule has 2 amide bonds. The molecule has 9 heteroatoms. The van der Waals surface area contributed by atoms with E-state index in [1.165, 1.54) is 0 Å². The molecule has 0 saturated heterocycles. The summed E-state index contributed by atoms with van der Waals surface area (Å²) >= 11 is 0. The van der Waals surface area contributed by atoms with Crippen molar-refractivity contribution in [2.24, 2.45) is 11.5 Å². The van der Waals surface area contributed by atoms with Crippen LogP contribution in [0, 0.1) is 0 Å². The van der Waals surface area contributed by atoms with Gasteiger partial charge in [-0.15, -0.1) is 0 Å². The Morgan fingerprint density at radius 2 is 1.00 bits per heavy atom. The van der Waals surface area contributed by atoms with Crippen molar-refractivity contribution < 1.29 is 33.4 Å². The topological polar surface area (TPSA) is 148 Å². The lowest BCUT2D eigenvalue weighted by molar-refractivity contribution is 0.0659. The number of nitrogens with two attached hydrogens (primary N) is 2. The summed E-state index contributed by atoms with van der Waals surface area (Å²) in [6.45, 7) is 0. The van der Waals surface area contributed by atoms with Crippen LogP contribution in [0.3, 0.4) is 0 Å². The van der Waals surface area contributed by atoms with Gasteiger partial charge in [-0.3, -0.25) is 0 Å². The molecule has 0 unspecified atom stereocenters. The van der Waals surface area contributed by atoms with Crippen molar-refractivity contribution in [2.75, 3.05) is 0 Å². The van der Waals surface area contributed by atoms with Crippen LogP contribution < -0.4 is 11.5 Å². The quantitative estimate of drug-likeness (QED) is 0.385. The highest BCUT2D eigenvalue weighted by Gasteiger charge is 2.17. The fraction of sp³-hybridized carbons (Fsp3) is 0. The first-order valence-corrected chi connectivity index (χ1v) is 2.62. The van der Waals surface area contributed by atoms with Gasteiger partial charge >= 0.3 is 24.5 Å². The summed E-state index contributed by atoms with van der Waals surface area (Å²) in [4.78, 5) is 40.2. The van der Waals surface area contributed by atoms with Gasteiger partial charge in [-0.25, -0.2) is 19.2 Å². The molecular formula is C4H4N2O7. The van der Waals surface area contributed by atoms with E-state index in [0.29, 0.717) is 0 Å². The van der Waals surface area contributed by atoms with E-state index < -0.39 is 24.5 Å². The van der Waals surface area contributed by atoms with E-state index in [0.717, 1.165) is 0 Å². The van der Waals surface area contributed by atoms with Gasteiger partial charge in [0.15, 0.2) is 0 Å². The maximum absolute atomic E-state index is 10.2. The molecule has 13 heavy (non-hydrogen) atoms. The second-order valence-electron chi connectivity index (χ2n) is 1.44. The van der Waals surface area contributed by atoms with Gasteiger partial charge in [0.05, 0.1) is 0 Å². The smallest absolute Gasteiger partial charge is 0.343 e. The number of carbonyl (C=O) groups excluding carboxylic acids is 4. The number of primary amides is 2. The van der Waals surface area contributed by atoms with Gasteiger partial charge in [0, 0.05) is 0 Å². The standard InChI is InChI=1S/C4H4N2O7/c5-1(7)11-3(9)13-4(10)12-2(6)8/h(H2,5,7)(H2,6,8). The van der Waals surface area contributed by atoms with Crippen LogP contribution in [0.4, 0.5) is 19.2 Å². The van der Waals surface area contributed by atoms with E-state index in [-0.39, 0.29) is 0 Å². The van der Waals surface area contributed by atoms with Crippen LogP contribution >= 0.6 is 0 Å². The second-order valence-corrected chi connectivity index (χ2v) is 1.44. The molecule has 9 nitrogen and oxygen atoms in total. The molecule has 0 fully saturated rings. The SMILES string of the molecule is NC(=O)OC(=O)OC(=O)OC(N)=O. The highest BCUT2D eigenvalue weighted by atomic mass is 16.8. The monoisotopic (exact) mass is 192 g/mol. The normalized spacial score (nSPS) is 8.31. The molecule has 0 spiro atoms. The minimum atomic E-state index is -1.72. The van der Waals surface area contributed by atoms with Crippen LogP contribution in [0.15, 0.2) is 0 Å². The molecule has 0 aliphatic heterocycles. The number of ether oxygens (including phenoxy) is 3. The van der Waals surface area contributed by atoms with Gasteiger partial charge in [-0.2, -0.15) is 0 Å². The van der Waals surface area contributed by atoms with E-state index >= 15 is 0 Å². The van der Waals surface area contributed by atoms with Crippen LogP contribution in [0.1, 0.15) is 0 Å². The van der Waals surface area contributed by atoms with Crippen molar-refractivity contribution in [1.29, 1.82) is 0 Å². The number of hydrogen-bond donors (Lipinski definition) is 2. The number of amides is 2. The molecule has 0 aliphatic rings. The van der Waals surface area contributed by atoms with Crippen molar-refractivity contribution in [2.45, 2.75) is 0 Å². The summed E-state index contributed by atoms with van der Waals surface area (Å²) < 4.78 is 10.6. The minimum Gasteiger partial charge on any atom is -0.343 e. The lowest BCUT2D eigenvalue weighted by atomic mass is 11.1. The summed E-state index contributed by atoms with van der Waals surface area (Å²) in [5, 5.41) is 0. The maximum atomic E-state index is 10.2. The van der Waals surface area contributed by atoms with Crippen molar-refractivity contribution in [3.63, 3.8) is 0 Å². The summed E-state index contributed by atoms with van der Waals surface area (Å²) in [5.41, 5.74) is 8.73. The Morgan fingerprint density at radius 3 is 1.23 bits per heavy atom. The summed E-state index contributed by atoms with van der Waals surface area (Å²) in [6, 6.07) is 0. The largest absolute Gasteiger partial charge is 0.527 e. The van der Waals surface area contributed by atoms with Gasteiger partial charge in [-0.1, -0.05) is 0 Å². The predicted molar refractivity (Wildman–Crippen MR) is 33.2 cm³/mol. The number of rotatable bonds is 0. The maximum Gasteiger partial charge on any atom is 0.527 e. The molecule has 0 aromatic heterocycles. The average Bonchev–Trinajstić information content (AvgIpc) is 1.80. The van der Waals surface area contributed by atoms with E-state index in [9.17, 15) is 19.2 Å². The van der Waals surface area contributed by atoms with Crippen LogP contribution in [0.25, 0.3) is 0 Å². The average molecular weight is 192 g/mol. The zero-order valence-corrected chi connectivity index (χ0v) is 6.01. The molecule has 0 aliphatic carbocycles. The summed E-state index contributed by atoms with van der Waals surface area (Å²) in [7, 11) is 0. The third-order valence-electron chi connectivity index (χ3n) is 0.535. The zero-order valence-electron chi connectivity index (χ0n) is 6.01. The predicted octanol–water partition coefficient (Wildman–Crippen LogP) is -0.566. The lowest BCUT2D eigenvalue weighted by Gasteiger charge is -1.98. The van der Waals surface area contributed by atoms with Crippen LogP contribution in [-0.4, -0.2) is 24.5 Å². The van der Waals surface area contributed by atoms with Gasteiger partial charge < -0.3 is 25.7 Å². The first kappa shape index (κ1) is 10.7. The number of carbonyl (C=O) groups is 4. The molecule has 0 heterocycles. The molecule has 0 radical (unpaired) electrons. The Kier molecular flexibility index (Phi) is 3.73. The van der Waals surface area contributed by atoms with E-state index in [2.05, 4.69) is 25.7 Å². The van der Waals surface area contributed by atoms with Gasteiger partial charge in [-0.05, 0) is 0 Å². The van der Waals surface area contributed by atoms with Crippen molar-refractivity contribution in [3.05, 3.63) is 0 Å². The third kappa shape index (κ3) is 6.09. The van der Waals surface area contributed by atoms with Crippen LogP contribution in [-0.2, 0) is 14.2 Å². The van der Waals surface area contributed by atoms with Crippen molar-refractivity contribution >= 4 is 24.5 Å². The Bertz CT molecular complexity index is 233. The van der Waals surface area contributed by atoms with Gasteiger partial charge in [0.25, 0.3) is 0 Å². The molecule has 0 bridgehead atoms. The first-order chi connectivity index (χ1) is 5.91. The van der Waals surface area contributed by atoms with E-state index in [4.69, 9.17) is 0 Å². The molecule has 0 saturated carbocycles. The molecule has 0 aromatic rings. The van der Waals surface area contributed by atoms with Crippen LogP contribution in [0.5, 0.6) is 0 Å². The minimum absolute atomic E-state index is 1.48. The highest BCUT2D eigenvalue weighted by molar-refractivity contribution is 5.88. The van der Waals surface area contributed by atoms with Gasteiger partial charge in [0.1, 0.15) is 0 Å². The second kappa shape index (κ2) is 4.54.